The van der Waals surface area contributed by atoms with E-state index in [0.717, 1.165) is 24.3 Å². The number of hydrogen-bond donors (Lipinski definition) is 1. The largest absolute Gasteiger partial charge is 0.435 e. The molecule has 3 aromatic rings. The molecule has 2 aliphatic heterocycles. The minimum absolute atomic E-state index is 0.159. The molecule has 2 aromatic heterocycles. The van der Waals surface area contributed by atoms with E-state index in [9.17, 15) is 9.59 Å². The first kappa shape index (κ1) is 21.5. The molecule has 5 rings (SSSR count). The monoisotopic (exact) mass is 446 g/mol. The van der Waals surface area contributed by atoms with Crippen LogP contribution in [0.2, 0.25) is 0 Å². The van der Waals surface area contributed by atoms with Gasteiger partial charge in [0.2, 0.25) is 5.88 Å². The quantitative estimate of drug-likeness (QED) is 0.640. The van der Waals surface area contributed by atoms with Crippen LogP contribution in [0.1, 0.15) is 42.3 Å². The highest BCUT2D eigenvalue weighted by atomic mass is 16.4. The Hall–Kier alpha value is -3.32. The Kier molecular flexibility index (Phi) is 5.81. The van der Waals surface area contributed by atoms with Gasteiger partial charge in [-0.3, -0.25) is 19.1 Å². The maximum absolute atomic E-state index is 12.7. The third-order valence-electron chi connectivity index (χ3n) is 6.94. The summed E-state index contributed by atoms with van der Waals surface area (Å²) in [7, 11) is 0. The molecule has 4 heterocycles. The molecule has 2 fully saturated rings. The molecule has 1 N–H and O–H groups in total. The molecule has 2 unspecified atom stereocenters. The molecule has 172 valence electrons. The molecule has 0 radical (unpaired) electrons. The molecule has 2 atom stereocenters. The molecule has 0 bridgehead atoms. The summed E-state index contributed by atoms with van der Waals surface area (Å²) in [5.41, 5.74) is 2.74. The Morgan fingerprint density at radius 2 is 1.97 bits per heavy atom. The van der Waals surface area contributed by atoms with Crippen LogP contribution in [-0.2, 0) is 0 Å². The fraction of sp³-hybridized carbons (Fsp3) is 0.385. The highest BCUT2D eigenvalue weighted by Gasteiger charge is 2.33. The van der Waals surface area contributed by atoms with Crippen LogP contribution in [0.15, 0.2) is 63.9 Å². The molecule has 7 nitrogen and oxygen atoms in total. The van der Waals surface area contributed by atoms with Crippen molar-refractivity contribution in [2.45, 2.75) is 45.2 Å². The van der Waals surface area contributed by atoms with Gasteiger partial charge in [-0.1, -0.05) is 6.07 Å². The van der Waals surface area contributed by atoms with Crippen LogP contribution in [0, 0.1) is 6.92 Å². The van der Waals surface area contributed by atoms with Gasteiger partial charge in [-0.05, 0) is 75.5 Å². The lowest BCUT2D eigenvalue weighted by Crippen LogP contribution is -2.39. The average Bonchev–Trinajstić information content (AvgIpc) is 3.56. The summed E-state index contributed by atoms with van der Waals surface area (Å²) >= 11 is 0. The molecule has 0 saturated carbocycles. The maximum Gasteiger partial charge on any atom is 0.291 e. The van der Waals surface area contributed by atoms with E-state index in [1.807, 2.05) is 13.0 Å². The third-order valence-corrected chi connectivity index (χ3v) is 6.94. The summed E-state index contributed by atoms with van der Waals surface area (Å²) in [5.74, 6) is 0.130. The first-order chi connectivity index (χ1) is 16.0. The number of benzene rings is 1. The van der Waals surface area contributed by atoms with E-state index >= 15 is 0 Å². The number of likely N-dealkylation sites (tertiary alicyclic amines) is 1. The highest BCUT2D eigenvalue weighted by Crippen LogP contribution is 2.30. The molecule has 2 saturated heterocycles. The minimum atomic E-state index is -0.342. The van der Waals surface area contributed by atoms with Crippen LogP contribution < -0.4 is 15.8 Å². The second-order valence-corrected chi connectivity index (χ2v) is 9.12. The second-order valence-electron chi connectivity index (χ2n) is 9.12. The van der Waals surface area contributed by atoms with Gasteiger partial charge >= 0.3 is 0 Å². The van der Waals surface area contributed by atoms with E-state index in [0.29, 0.717) is 18.0 Å². The van der Waals surface area contributed by atoms with Crippen molar-refractivity contribution in [1.29, 1.82) is 0 Å². The Balaban J connectivity index is 1.25. The number of furan rings is 1. The average molecular weight is 447 g/mol. The van der Waals surface area contributed by atoms with Crippen LogP contribution >= 0.6 is 0 Å². The predicted molar refractivity (Wildman–Crippen MR) is 129 cm³/mol. The first-order valence-corrected chi connectivity index (χ1v) is 11.7. The van der Waals surface area contributed by atoms with Gasteiger partial charge in [-0.25, -0.2) is 0 Å². The minimum Gasteiger partial charge on any atom is -0.435 e. The van der Waals surface area contributed by atoms with Crippen LogP contribution in [0.25, 0.3) is 5.88 Å². The number of hydrogen-bond acceptors (Lipinski definition) is 5. The van der Waals surface area contributed by atoms with Gasteiger partial charge in [0.15, 0.2) is 5.76 Å². The van der Waals surface area contributed by atoms with Gasteiger partial charge in [0.05, 0.1) is 0 Å². The smallest absolute Gasteiger partial charge is 0.291 e. The number of aryl methyl sites for hydroxylation is 1. The summed E-state index contributed by atoms with van der Waals surface area (Å²) in [6.45, 7) is 7.69. The van der Waals surface area contributed by atoms with Gasteiger partial charge in [-0.2, -0.15) is 0 Å². The summed E-state index contributed by atoms with van der Waals surface area (Å²) in [4.78, 5) is 29.8. The number of anilines is 2. The van der Waals surface area contributed by atoms with Crippen LogP contribution in [0.5, 0.6) is 0 Å². The van der Waals surface area contributed by atoms with E-state index in [2.05, 4.69) is 34.2 Å². The van der Waals surface area contributed by atoms with Gasteiger partial charge in [0.1, 0.15) is 0 Å². The molecule has 33 heavy (non-hydrogen) atoms. The number of rotatable bonds is 5. The summed E-state index contributed by atoms with van der Waals surface area (Å²) in [5, 5.41) is 2.94. The summed E-state index contributed by atoms with van der Waals surface area (Å²) in [6, 6.07) is 15.6. The van der Waals surface area contributed by atoms with Crippen molar-refractivity contribution in [3.8, 4) is 5.88 Å². The second kappa shape index (κ2) is 8.90. The van der Waals surface area contributed by atoms with Crippen LogP contribution in [0.4, 0.5) is 11.4 Å². The van der Waals surface area contributed by atoms with E-state index in [1.165, 1.54) is 42.1 Å². The van der Waals surface area contributed by atoms with E-state index in [1.54, 1.807) is 30.5 Å². The van der Waals surface area contributed by atoms with Crippen molar-refractivity contribution in [3.05, 3.63) is 76.4 Å². The predicted octanol–water partition coefficient (Wildman–Crippen LogP) is 4.05. The maximum atomic E-state index is 12.7. The number of nitrogens with one attached hydrogen (secondary N) is 1. The number of carbonyl (C=O) groups is 1. The van der Waals surface area contributed by atoms with Crippen LogP contribution in [-0.4, -0.2) is 47.1 Å². The van der Waals surface area contributed by atoms with Crippen molar-refractivity contribution >= 4 is 17.3 Å². The Morgan fingerprint density at radius 1 is 1.09 bits per heavy atom. The fourth-order valence-corrected chi connectivity index (χ4v) is 5.10. The van der Waals surface area contributed by atoms with E-state index < -0.39 is 0 Å². The zero-order valence-corrected chi connectivity index (χ0v) is 19.2. The van der Waals surface area contributed by atoms with Gasteiger partial charge in [0.25, 0.3) is 11.5 Å². The summed E-state index contributed by atoms with van der Waals surface area (Å²) < 4.78 is 7.00. The number of carbonyl (C=O) groups excluding carboxylic acids is 1. The van der Waals surface area contributed by atoms with Crippen molar-refractivity contribution < 1.29 is 9.21 Å². The molecular weight excluding hydrogens is 416 g/mol. The van der Waals surface area contributed by atoms with E-state index in [-0.39, 0.29) is 17.2 Å². The van der Waals surface area contributed by atoms with Crippen molar-refractivity contribution in [2.24, 2.45) is 0 Å². The third kappa shape index (κ3) is 4.33. The Labute approximate surface area is 193 Å². The standard InChI is InChI=1S/C26H30N4O3/c1-18-16-20(28-15-12-21(17-28)29-14-5-6-19(29)2)8-9-22(18)27-26(32)23-10-11-25(33-23)30-13-4-3-7-24(30)31/h3-4,7-11,13,16,19,21H,5-6,12,14-15,17H2,1-2H3,(H,27,32). The Bertz CT molecular complexity index is 1210. The number of pyridine rings is 1. The van der Waals surface area contributed by atoms with Gasteiger partial charge in [-0.15, -0.1) is 0 Å². The van der Waals surface area contributed by atoms with Crippen molar-refractivity contribution in [1.82, 2.24) is 9.47 Å². The number of aromatic nitrogens is 1. The SMILES string of the molecule is Cc1cc(N2CCC(N3CCCC3C)C2)ccc1NC(=O)c1ccc(-n2ccccc2=O)o1. The van der Waals surface area contributed by atoms with Crippen molar-refractivity contribution in [3.63, 3.8) is 0 Å². The molecule has 7 heteroatoms. The zero-order chi connectivity index (χ0) is 22.9. The molecule has 0 aliphatic carbocycles. The number of nitrogens with zero attached hydrogens (tertiary/aromatic N) is 3. The highest BCUT2D eigenvalue weighted by molar-refractivity contribution is 6.02. The lowest BCUT2D eigenvalue weighted by molar-refractivity contribution is 0.0996. The normalized spacial score (nSPS) is 21.0. The molecule has 2 aliphatic rings. The van der Waals surface area contributed by atoms with Gasteiger partial charge in [0, 0.05) is 54.9 Å². The van der Waals surface area contributed by atoms with Gasteiger partial charge < -0.3 is 14.6 Å². The molecule has 1 amide bonds. The molecular formula is C26H30N4O3. The number of amides is 1. The van der Waals surface area contributed by atoms with Crippen LogP contribution in [0.3, 0.4) is 0 Å². The molecule has 0 spiro atoms. The lowest BCUT2D eigenvalue weighted by atomic mass is 10.1. The first-order valence-electron chi connectivity index (χ1n) is 11.7. The Morgan fingerprint density at radius 3 is 2.73 bits per heavy atom. The lowest BCUT2D eigenvalue weighted by Gasteiger charge is -2.28. The zero-order valence-electron chi connectivity index (χ0n) is 19.2. The van der Waals surface area contributed by atoms with Crippen molar-refractivity contribution in [2.75, 3.05) is 29.9 Å². The fourth-order valence-electron chi connectivity index (χ4n) is 5.10. The van der Waals surface area contributed by atoms with E-state index in [4.69, 9.17) is 4.42 Å². The topological polar surface area (TPSA) is 70.7 Å². The molecule has 1 aromatic carbocycles. The summed E-state index contributed by atoms with van der Waals surface area (Å²) in [6.07, 6.45) is 5.43.